The number of oxazole rings is 1. The average molecular weight is 224 g/mol. The van der Waals surface area contributed by atoms with Crippen molar-refractivity contribution in [3.8, 4) is 0 Å². The highest BCUT2D eigenvalue weighted by Gasteiger charge is 2.14. The molecule has 0 spiro atoms. The smallest absolute Gasteiger partial charge is 0.198 e. The van der Waals surface area contributed by atoms with Crippen LogP contribution in [-0.4, -0.2) is 4.98 Å². The highest BCUT2D eigenvalue weighted by molar-refractivity contribution is 6.31. The lowest BCUT2D eigenvalue weighted by molar-refractivity contribution is 0.453. The molecule has 0 aliphatic heterocycles. The molecule has 0 aliphatic rings. The SMILES string of the molecule is CCC(CC)c1nc2ccc(Cl)cc2o1. The molecule has 0 radical (unpaired) electrons. The lowest BCUT2D eigenvalue weighted by atomic mass is 10.0. The summed E-state index contributed by atoms with van der Waals surface area (Å²) < 4.78 is 5.70. The fraction of sp³-hybridized carbons (Fsp3) is 0.417. The molecular weight excluding hydrogens is 210 g/mol. The van der Waals surface area contributed by atoms with E-state index in [0.717, 1.165) is 29.8 Å². The summed E-state index contributed by atoms with van der Waals surface area (Å²) in [6.45, 7) is 4.30. The molecule has 0 atom stereocenters. The van der Waals surface area contributed by atoms with Gasteiger partial charge in [-0.2, -0.15) is 0 Å². The molecule has 1 aromatic carbocycles. The summed E-state index contributed by atoms with van der Waals surface area (Å²) in [6, 6.07) is 5.55. The van der Waals surface area contributed by atoms with Crippen LogP contribution in [0.15, 0.2) is 22.6 Å². The van der Waals surface area contributed by atoms with Gasteiger partial charge in [0.2, 0.25) is 0 Å². The Morgan fingerprint density at radius 1 is 1.33 bits per heavy atom. The summed E-state index contributed by atoms with van der Waals surface area (Å²) >= 11 is 5.89. The molecule has 1 aromatic heterocycles. The van der Waals surface area contributed by atoms with Crippen molar-refractivity contribution in [2.75, 3.05) is 0 Å². The van der Waals surface area contributed by atoms with Crippen LogP contribution in [-0.2, 0) is 0 Å². The largest absolute Gasteiger partial charge is 0.440 e. The molecule has 2 rings (SSSR count). The zero-order chi connectivity index (χ0) is 10.8. The van der Waals surface area contributed by atoms with Crippen LogP contribution in [0.25, 0.3) is 11.1 Å². The minimum absolute atomic E-state index is 0.413. The summed E-state index contributed by atoms with van der Waals surface area (Å²) in [5.74, 6) is 1.24. The molecule has 1 heterocycles. The predicted octanol–water partition coefficient (Wildman–Crippen LogP) is 4.38. The number of fused-ring (bicyclic) bond motifs is 1. The average Bonchev–Trinajstić information content (AvgIpc) is 2.62. The van der Waals surface area contributed by atoms with Crippen molar-refractivity contribution in [2.45, 2.75) is 32.6 Å². The molecule has 15 heavy (non-hydrogen) atoms. The van der Waals surface area contributed by atoms with Crippen molar-refractivity contribution in [3.63, 3.8) is 0 Å². The third-order valence-electron chi connectivity index (χ3n) is 2.70. The number of hydrogen-bond donors (Lipinski definition) is 0. The van der Waals surface area contributed by atoms with Gasteiger partial charge < -0.3 is 4.42 Å². The van der Waals surface area contributed by atoms with E-state index in [4.69, 9.17) is 16.0 Å². The molecule has 0 saturated carbocycles. The van der Waals surface area contributed by atoms with Crippen LogP contribution in [0.1, 0.15) is 38.5 Å². The summed E-state index contributed by atoms with van der Waals surface area (Å²) in [5.41, 5.74) is 1.67. The van der Waals surface area contributed by atoms with Gasteiger partial charge in [0.15, 0.2) is 11.5 Å². The Hall–Kier alpha value is -1.02. The zero-order valence-electron chi connectivity index (χ0n) is 8.96. The molecule has 0 bridgehead atoms. The van der Waals surface area contributed by atoms with Crippen LogP contribution in [0, 0.1) is 0 Å². The van der Waals surface area contributed by atoms with Gasteiger partial charge >= 0.3 is 0 Å². The number of nitrogens with zero attached hydrogens (tertiary/aromatic N) is 1. The van der Waals surface area contributed by atoms with Gasteiger partial charge in [0.25, 0.3) is 0 Å². The highest BCUT2D eigenvalue weighted by Crippen LogP contribution is 2.27. The Morgan fingerprint density at radius 2 is 2.07 bits per heavy atom. The Bertz CT molecular complexity index is 460. The molecule has 0 aliphatic carbocycles. The molecule has 0 fully saturated rings. The fourth-order valence-corrected chi connectivity index (χ4v) is 1.89. The van der Waals surface area contributed by atoms with E-state index in [9.17, 15) is 0 Å². The Kier molecular flexibility index (Phi) is 2.96. The molecule has 3 heteroatoms. The van der Waals surface area contributed by atoms with Gasteiger partial charge in [-0.25, -0.2) is 4.98 Å². The zero-order valence-corrected chi connectivity index (χ0v) is 9.71. The van der Waals surface area contributed by atoms with Crippen molar-refractivity contribution in [1.82, 2.24) is 4.98 Å². The van der Waals surface area contributed by atoms with E-state index in [2.05, 4.69) is 18.8 Å². The number of rotatable bonds is 3. The second kappa shape index (κ2) is 4.23. The van der Waals surface area contributed by atoms with Crippen LogP contribution < -0.4 is 0 Å². The van der Waals surface area contributed by atoms with Gasteiger partial charge in [0.05, 0.1) is 0 Å². The monoisotopic (exact) mass is 223 g/mol. The summed E-state index contributed by atoms with van der Waals surface area (Å²) in [5, 5.41) is 0.690. The minimum atomic E-state index is 0.413. The lowest BCUT2D eigenvalue weighted by Gasteiger charge is -2.05. The first kappa shape index (κ1) is 10.5. The number of benzene rings is 1. The number of halogens is 1. The molecule has 0 saturated heterocycles. The summed E-state index contributed by atoms with van der Waals surface area (Å²) in [6.07, 6.45) is 2.11. The maximum absolute atomic E-state index is 5.89. The van der Waals surface area contributed by atoms with Crippen LogP contribution >= 0.6 is 11.6 Å². The third-order valence-corrected chi connectivity index (χ3v) is 2.94. The molecule has 80 valence electrons. The number of hydrogen-bond acceptors (Lipinski definition) is 2. The molecule has 0 amide bonds. The van der Waals surface area contributed by atoms with E-state index >= 15 is 0 Å². The van der Waals surface area contributed by atoms with Crippen molar-refractivity contribution in [2.24, 2.45) is 0 Å². The van der Waals surface area contributed by atoms with Gasteiger partial charge in [-0.05, 0) is 25.0 Å². The first-order valence-corrected chi connectivity index (χ1v) is 5.68. The Balaban J connectivity index is 2.46. The normalized spacial score (nSPS) is 11.5. The van der Waals surface area contributed by atoms with E-state index in [-0.39, 0.29) is 0 Å². The van der Waals surface area contributed by atoms with Crippen molar-refractivity contribution >= 4 is 22.7 Å². The molecule has 0 unspecified atom stereocenters. The standard InChI is InChI=1S/C12H14ClNO/c1-3-8(4-2)12-14-10-6-5-9(13)7-11(10)15-12/h5-8H,3-4H2,1-2H3. The van der Waals surface area contributed by atoms with Crippen LogP contribution in [0.4, 0.5) is 0 Å². The van der Waals surface area contributed by atoms with Crippen LogP contribution in [0.2, 0.25) is 5.02 Å². The third kappa shape index (κ3) is 2.00. The maximum atomic E-state index is 5.89. The van der Waals surface area contributed by atoms with E-state index < -0.39 is 0 Å². The van der Waals surface area contributed by atoms with Crippen LogP contribution in [0.5, 0.6) is 0 Å². The minimum Gasteiger partial charge on any atom is -0.440 e. The van der Waals surface area contributed by atoms with Gasteiger partial charge in [-0.1, -0.05) is 25.4 Å². The van der Waals surface area contributed by atoms with E-state index in [1.165, 1.54) is 0 Å². The van der Waals surface area contributed by atoms with Crippen molar-refractivity contribution in [1.29, 1.82) is 0 Å². The van der Waals surface area contributed by atoms with Crippen molar-refractivity contribution < 1.29 is 4.42 Å². The summed E-state index contributed by atoms with van der Waals surface area (Å²) in [7, 11) is 0. The van der Waals surface area contributed by atoms with E-state index in [1.54, 1.807) is 0 Å². The Morgan fingerprint density at radius 3 is 2.73 bits per heavy atom. The van der Waals surface area contributed by atoms with Crippen molar-refractivity contribution in [3.05, 3.63) is 29.1 Å². The first-order valence-electron chi connectivity index (χ1n) is 5.30. The second-order valence-electron chi connectivity index (χ2n) is 3.68. The van der Waals surface area contributed by atoms with Gasteiger partial charge in [-0.3, -0.25) is 0 Å². The summed E-state index contributed by atoms with van der Waals surface area (Å²) in [4.78, 5) is 4.47. The van der Waals surface area contributed by atoms with E-state index in [0.29, 0.717) is 10.9 Å². The molecular formula is C12H14ClNO. The maximum Gasteiger partial charge on any atom is 0.198 e. The highest BCUT2D eigenvalue weighted by atomic mass is 35.5. The number of aromatic nitrogens is 1. The first-order chi connectivity index (χ1) is 7.24. The van der Waals surface area contributed by atoms with Crippen LogP contribution in [0.3, 0.4) is 0 Å². The van der Waals surface area contributed by atoms with E-state index in [1.807, 2.05) is 18.2 Å². The Labute approximate surface area is 94.3 Å². The quantitative estimate of drug-likeness (QED) is 0.772. The fourth-order valence-electron chi connectivity index (χ4n) is 1.73. The topological polar surface area (TPSA) is 26.0 Å². The van der Waals surface area contributed by atoms with Gasteiger partial charge in [0, 0.05) is 17.0 Å². The lowest BCUT2D eigenvalue weighted by Crippen LogP contribution is -1.94. The molecule has 0 N–H and O–H groups in total. The van der Waals surface area contributed by atoms with Gasteiger partial charge in [0.1, 0.15) is 5.52 Å². The van der Waals surface area contributed by atoms with Gasteiger partial charge in [-0.15, -0.1) is 0 Å². The second-order valence-corrected chi connectivity index (χ2v) is 4.11. The molecule has 2 nitrogen and oxygen atoms in total. The predicted molar refractivity (Wildman–Crippen MR) is 62.3 cm³/mol. The molecule has 2 aromatic rings.